The van der Waals surface area contributed by atoms with Gasteiger partial charge < -0.3 is 5.11 Å². The molecular weight excluding hydrogens is 262 g/mol. The van der Waals surface area contributed by atoms with Crippen molar-refractivity contribution in [3.63, 3.8) is 0 Å². The van der Waals surface area contributed by atoms with Crippen molar-refractivity contribution in [2.45, 2.75) is 13.8 Å². The molecule has 2 heterocycles. The molecule has 0 radical (unpaired) electrons. The van der Waals surface area contributed by atoms with E-state index in [-0.39, 0.29) is 5.56 Å². The van der Waals surface area contributed by atoms with Crippen molar-refractivity contribution in [3.05, 3.63) is 41.2 Å². The highest BCUT2D eigenvalue weighted by Crippen LogP contribution is 2.26. The molecule has 3 rings (SSSR count). The van der Waals surface area contributed by atoms with E-state index in [1.165, 1.54) is 11.3 Å². The number of carboxylic acid groups (broad SMARTS) is 1. The number of fused-ring (bicyclic) bond motifs is 1. The summed E-state index contributed by atoms with van der Waals surface area (Å²) in [6.07, 6.45) is 0. The second-order valence-corrected chi connectivity index (χ2v) is 5.24. The average Bonchev–Trinajstić information content (AvgIpc) is 2.89. The minimum absolute atomic E-state index is 0.249. The zero-order valence-electron chi connectivity index (χ0n) is 10.4. The van der Waals surface area contributed by atoms with Crippen molar-refractivity contribution >= 4 is 27.5 Å². The van der Waals surface area contributed by atoms with Crippen LogP contribution in [0.1, 0.15) is 21.7 Å². The molecule has 0 bridgehead atoms. The minimum atomic E-state index is -0.956. The van der Waals surface area contributed by atoms with Crippen molar-refractivity contribution in [2.24, 2.45) is 0 Å². The van der Waals surface area contributed by atoms with Gasteiger partial charge in [-0.3, -0.25) is 0 Å². The van der Waals surface area contributed by atoms with E-state index in [1.54, 1.807) is 18.5 Å². The second kappa shape index (κ2) is 4.17. The van der Waals surface area contributed by atoms with Crippen molar-refractivity contribution in [3.8, 4) is 5.13 Å². The number of carbonyl (C=O) groups is 1. The summed E-state index contributed by atoms with van der Waals surface area (Å²) in [6.45, 7) is 3.44. The maximum atomic E-state index is 11.2. The lowest BCUT2D eigenvalue weighted by Crippen LogP contribution is -2.02. The van der Waals surface area contributed by atoms with E-state index in [2.05, 4.69) is 10.1 Å². The van der Waals surface area contributed by atoms with Gasteiger partial charge in [-0.1, -0.05) is 23.5 Å². The third kappa shape index (κ3) is 1.80. The van der Waals surface area contributed by atoms with Crippen LogP contribution >= 0.6 is 11.3 Å². The summed E-state index contributed by atoms with van der Waals surface area (Å²) >= 11 is 1.49. The van der Waals surface area contributed by atoms with Gasteiger partial charge in [-0.15, -0.1) is 0 Å². The molecule has 0 aliphatic carbocycles. The number of hydrogen-bond acceptors (Lipinski definition) is 4. The zero-order valence-corrected chi connectivity index (χ0v) is 11.2. The van der Waals surface area contributed by atoms with Crippen molar-refractivity contribution in [1.82, 2.24) is 14.8 Å². The molecule has 0 atom stereocenters. The van der Waals surface area contributed by atoms with Gasteiger partial charge in [0.25, 0.3) is 0 Å². The maximum absolute atomic E-state index is 11.2. The number of carboxylic acids is 1. The summed E-state index contributed by atoms with van der Waals surface area (Å²) in [7, 11) is 0. The van der Waals surface area contributed by atoms with E-state index in [9.17, 15) is 9.90 Å². The monoisotopic (exact) mass is 273 g/mol. The summed E-state index contributed by atoms with van der Waals surface area (Å²) in [5.41, 5.74) is 2.25. The Bertz CT molecular complexity index is 755. The lowest BCUT2D eigenvalue weighted by molar-refractivity contribution is 0.0695. The number of para-hydroxylation sites is 1. The van der Waals surface area contributed by atoms with E-state index in [0.717, 1.165) is 10.2 Å². The van der Waals surface area contributed by atoms with Crippen LogP contribution in [0.2, 0.25) is 0 Å². The van der Waals surface area contributed by atoms with Gasteiger partial charge >= 0.3 is 5.97 Å². The van der Waals surface area contributed by atoms with Crippen molar-refractivity contribution in [1.29, 1.82) is 0 Å². The lowest BCUT2D eigenvalue weighted by Gasteiger charge is -1.98. The Hall–Kier alpha value is -2.21. The molecule has 0 fully saturated rings. The van der Waals surface area contributed by atoms with Crippen LogP contribution in [0.4, 0.5) is 0 Å². The summed E-state index contributed by atoms with van der Waals surface area (Å²) < 4.78 is 2.66. The maximum Gasteiger partial charge on any atom is 0.339 e. The molecule has 3 aromatic rings. The first-order chi connectivity index (χ1) is 9.08. The van der Waals surface area contributed by atoms with Gasteiger partial charge in [0.15, 0.2) is 0 Å². The van der Waals surface area contributed by atoms with Crippen LogP contribution in [0.5, 0.6) is 0 Å². The SMILES string of the molecule is Cc1nn(-c2nc3ccccc3s2)c(C)c1C(=O)O. The molecule has 0 saturated carbocycles. The van der Waals surface area contributed by atoms with E-state index in [1.807, 2.05) is 24.3 Å². The summed E-state index contributed by atoms with van der Waals surface area (Å²) in [5, 5.41) is 14.1. The molecule has 0 aliphatic heterocycles. The topological polar surface area (TPSA) is 68.0 Å². The fourth-order valence-corrected chi connectivity index (χ4v) is 3.06. The number of rotatable bonds is 2. The molecule has 0 spiro atoms. The predicted molar refractivity (Wildman–Crippen MR) is 73.2 cm³/mol. The number of nitrogens with zero attached hydrogens (tertiary/aromatic N) is 3. The van der Waals surface area contributed by atoms with Gasteiger partial charge in [0.05, 0.1) is 21.6 Å². The third-order valence-electron chi connectivity index (χ3n) is 2.97. The highest BCUT2D eigenvalue weighted by Gasteiger charge is 2.20. The highest BCUT2D eigenvalue weighted by molar-refractivity contribution is 7.20. The number of aromatic carboxylic acids is 1. The lowest BCUT2D eigenvalue weighted by atomic mass is 10.2. The summed E-state index contributed by atoms with van der Waals surface area (Å²) in [5.74, 6) is -0.956. The molecule has 2 aromatic heterocycles. The van der Waals surface area contributed by atoms with Crippen molar-refractivity contribution < 1.29 is 9.90 Å². The van der Waals surface area contributed by atoms with E-state index in [4.69, 9.17) is 0 Å². The zero-order chi connectivity index (χ0) is 13.6. The van der Waals surface area contributed by atoms with Gasteiger partial charge in [-0.2, -0.15) is 5.10 Å². The van der Waals surface area contributed by atoms with Crippen LogP contribution < -0.4 is 0 Å². The Balaban J connectivity index is 2.22. The normalized spacial score (nSPS) is 11.1. The molecule has 0 saturated heterocycles. The number of aromatic nitrogens is 3. The summed E-state index contributed by atoms with van der Waals surface area (Å²) in [4.78, 5) is 15.7. The molecule has 5 nitrogen and oxygen atoms in total. The molecule has 1 aromatic carbocycles. The van der Waals surface area contributed by atoms with Crippen LogP contribution in [0.3, 0.4) is 0 Å². The standard InChI is InChI=1S/C13H11N3O2S/c1-7-11(12(17)18)8(2)16(15-7)13-14-9-5-3-4-6-10(9)19-13/h3-6H,1-2H3,(H,17,18). The van der Waals surface area contributed by atoms with E-state index < -0.39 is 5.97 Å². The fraction of sp³-hybridized carbons (Fsp3) is 0.154. The van der Waals surface area contributed by atoms with Gasteiger partial charge in [-0.25, -0.2) is 14.5 Å². The number of hydrogen-bond donors (Lipinski definition) is 1. The predicted octanol–water partition coefficient (Wildman–Crippen LogP) is 2.80. The van der Waals surface area contributed by atoms with Crippen LogP contribution in [0, 0.1) is 13.8 Å². The Morgan fingerprint density at radius 2 is 2.05 bits per heavy atom. The third-order valence-corrected chi connectivity index (χ3v) is 3.98. The molecule has 1 N–H and O–H groups in total. The molecule has 96 valence electrons. The Morgan fingerprint density at radius 1 is 1.32 bits per heavy atom. The minimum Gasteiger partial charge on any atom is -0.478 e. The smallest absolute Gasteiger partial charge is 0.339 e. The molecular formula is C13H11N3O2S. The highest BCUT2D eigenvalue weighted by atomic mass is 32.1. The first-order valence-corrected chi connectivity index (χ1v) is 6.55. The molecule has 0 aliphatic rings. The number of thiazole rings is 1. The molecule has 6 heteroatoms. The number of aryl methyl sites for hydroxylation is 1. The first-order valence-electron chi connectivity index (χ1n) is 5.73. The van der Waals surface area contributed by atoms with E-state index >= 15 is 0 Å². The Kier molecular flexibility index (Phi) is 2.60. The van der Waals surface area contributed by atoms with Crippen LogP contribution in [0.25, 0.3) is 15.3 Å². The first kappa shape index (κ1) is 11.9. The molecule has 19 heavy (non-hydrogen) atoms. The Labute approximate surface area is 113 Å². The van der Waals surface area contributed by atoms with Gasteiger partial charge in [0, 0.05) is 0 Å². The molecule has 0 amide bonds. The fourth-order valence-electron chi connectivity index (χ4n) is 2.09. The van der Waals surface area contributed by atoms with Gasteiger partial charge in [-0.05, 0) is 26.0 Å². The van der Waals surface area contributed by atoms with E-state index in [0.29, 0.717) is 16.5 Å². The van der Waals surface area contributed by atoms with Gasteiger partial charge in [0.2, 0.25) is 5.13 Å². The largest absolute Gasteiger partial charge is 0.478 e. The van der Waals surface area contributed by atoms with Crippen molar-refractivity contribution in [2.75, 3.05) is 0 Å². The second-order valence-electron chi connectivity index (χ2n) is 4.23. The average molecular weight is 273 g/mol. The number of benzene rings is 1. The quantitative estimate of drug-likeness (QED) is 0.779. The van der Waals surface area contributed by atoms with Crippen LogP contribution in [0.15, 0.2) is 24.3 Å². The van der Waals surface area contributed by atoms with Crippen LogP contribution in [-0.4, -0.2) is 25.8 Å². The summed E-state index contributed by atoms with van der Waals surface area (Å²) in [6, 6.07) is 7.79. The Morgan fingerprint density at radius 3 is 2.68 bits per heavy atom. The van der Waals surface area contributed by atoms with Gasteiger partial charge in [0.1, 0.15) is 5.56 Å². The molecule has 0 unspecified atom stereocenters. The van der Waals surface area contributed by atoms with Crippen LogP contribution in [-0.2, 0) is 0 Å².